The van der Waals surface area contributed by atoms with Gasteiger partial charge < -0.3 is 5.32 Å². The van der Waals surface area contributed by atoms with Crippen molar-refractivity contribution in [2.45, 2.75) is 44.3 Å². The summed E-state index contributed by atoms with van der Waals surface area (Å²) < 4.78 is 81.7. The molecule has 0 aliphatic rings. The molecule has 1 aromatic carbocycles. The van der Waals surface area contributed by atoms with E-state index in [9.17, 15) is 35.9 Å². The van der Waals surface area contributed by atoms with Gasteiger partial charge in [-0.05, 0) is 36.4 Å². The Labute approximate surface area is 236 Å². The van der Waals surface area contributed by atoms with E-state index < -0.39 is 49.4 Å². The van der Waals surface area contributed by atoms with Crippen molar-refractivity contribution in [3.05, 3.63) is 75.3 Å². The van der Waals surface area contributed by atoms with Crippen molar-refractivity contribution in [2.24, 2.45) is 0 Å². The minimum Gasteiger partial charge on any atom is -0.343 e. The number of hydrogen-bond acceptors (Lipinski definition) is 6. The molecule has 0 saturated heterocycles. The van der Waals surface area contributed by atoms with E-state index in [1.54, 1.807) is 17.4 Å². The van der Waals surface area contributed by atoms with Gasteiger partial charge in [-0.3, -0.25) is 9.36 Å². The maximum atomic E-state index is 13.9. The van der Waals surface area contributed by atoms with Gasteiger partial charge in [-0.15, -0.1) is 10.2 Å². The normalized spacial score (nSPS) is 12.9. The molecule has 1 N–H and O–H groups in total. The molecule has 218 valence electrons. The van der Waals surface area contributed by atoms with E-state index in [0.29, 0.717) is 9.59 Å². The van der Waals surface area contributed by atoms with Crippen LogP contribution in [0.4, 0.5) is 26.3 Å². The zero-order valence-corrected chi connectivity index (χ0v) is 22.0. The fourth-order valence-corrected chi connectivity index (χ4v) is 3.94. The predicted octanol–water partition coefficient (Wildman–Crippen LogP) is 4.43. The summed E-state index contributed by atoms with van der Waals surface area (Å²) >= 11 is 12.0. The highest BCUT2D eigenvalue weighted by atomic mass is 35.5. The molecule has 1 amide bonds. The van der Waals surface area contributed by atoms with Crippen molar-refractivity contribution >= 4 is 29.1 Å². The lowest BCUT2D eigenvalue weighted by Gasteiger charge is -2.22. The standard InChI is InChI=1S/C23H18Cl2F6N8O2/c24-14-5-3-13(4-6-14)19-36-38(11-17-33-12-39(35-17)20-15(25)2-1-9-32-20)21(41)37(19)10-16(23(29,30)31)34-18(40)7-8-22(26,27)28/h1-6,9,12,16H,7-8,10-11H2,(H,34,40)/t16-/m0/s1. The SMILES string of the molecule is O=C(CCC(F)(F)F)N[C@@H](Cn1c(-c2ccc(Cl)cc2)nn(Cc2ncn(-c3ncccc3Cl)n2)c1=O)C(F)(F)F. The summed E-state index contributed by atoms with van der Waals surface area (Å²) in [7, 11) is 0. The molecular formula is C23H18Cl2F6N8O2. The Morgan fingerprint density at radius 2 is 1.71 bits per heavy atom. The van der Waals surface area contributed by atoms with Crippen LogP contribution in [0.3, 0.4) is 0 Å². The van der Waals surface area contributed by atoms with Crippen molar-refractivity contribution < 1.29 is 31.1 Å². The molecule has 41 heavy (non-hydrogen) atoms. The largest absolute Gasteiger partial charge is 0.410 e. The lowest BCUT2D eigenvalue weighted by Crippen LogP contribution is -2.49. The Morgan fingerprint density at radius 3 is 2.34 bits per heavy atom. The average Bonchev–Trinajstić information content (AvgIpc) is 3.47. The van der Waals surface area contributed by atoms with Gasteiger partial charge in [-0.2, -0.15) is 26.3 Å². The Hall–Kier alpha value is -3.92. The van der Waals surface area contributed by atoms with Gasteiger partial charge in [0.25, 0.3) is 0 Å². The van der Waals surface area contributed by atoms with Gasteiger partial charge in [0.2, 0.25) is 5.91 Å². The lowest BCUT2D eigenvalue weighted by molar-refractivity contribution is -0.166. The van der Waals surface area contributed by atoms with Crippen LogP contribution in [0.25, 0.3) is 17.2 Å². The quantitative estimate of drug-likeness (QED) is 0.276. The van der Waals surface area contributed by atoms with Crippen molar-refractivity contribution in [3.63, 3.8) is 0 Å². The molecule has 18 heteroatoms. The molecule has 3 aromatic heterocycles. The molecule has 0 aliphatic heterocycles. The highest BCUT2D eigenvalue weighted by molar-refractivity contribution is 6.32. The number of carbonyl (C=O) groups is 1. The van der Waals surface area contributed by atoms with E-state index in [-0.39, 0.29) is 34.6 Å². The van der Waals surface area contributed by atoms with Gasteiger partial charge in [0.1, 0.15) is 18.9 Å². The van der Waals surface area contributed by atoms with E-state index in [2.05, 4.69) is 20.2 Å². The topological polar surface area (TPSA) is 113 Å². The van der Waals surface area contributed by atoms with Crippen molar-refractivity contribution in [3.8, 4) is 17.2 Å². The lowest BCUT2D eigenvalue weighted by atomic mass is 10.2. The zero-order valence-electron chi connectivity index (χ0n) is 20.5. The molecule has 4 aromatic rings. The first-order valence-corrected chi connectivity index (χ1v) is 12.3. The van der Waals surface area contributed by atoms with Crippen LogP contribution in [-0.4, -0.2) is 58.4 Å². The molecule has 3 heterocycles. The molecule has 0 spiro atoms. The monoisotopic (exact) mass is 622 g/mol. The minimum absolute atomic E-state index is 0.0361. The summed E-state index contributed by atoms with van der Waals surface area (Å²) in [6, 6.07) is 6.12. The highest BCUT2D eigenvalue weighted by Crippen LogP contribution is 2.26. The van der Waals surface area contributed by atoms with Crippen LogP contribution in [-0.2, 0) is 17.9 Å². The molecule has 0 bridgehead atoms. The number of rotatable bonds is 9. The number of hydrogen-bond donors (Lipinski definition) is 1. The third kappa shape index (κ3) is 7.64. The van der Waals surface area contributed by atoms with E-state index in [1.807, 2.05) is 0 Å². The number of alkyl halides is 6. The fourth-order valence-electron chi connectivity index (χ4n) is 3.61. The second-order valence-corrected chi connectivity index (χ2v) is 9.42. The first-order valence-electron chi connectivity index (χ1n) is 11.6. The summed E-state index contributed by atoms with van der Waals surface area (Å²) in [5.74, 6) is -1.44. The zero-order chi connectivity index (χ0) is 29.9. The Kier molecular flexibility index (Phi) is 8.72. The molecule has 4 rings (SSSR count). The second kappa shape index (κ2) is 11.9. The number of pyridine rings is 1. The van der Waals surface area contributed by atoms with Gasteiger partial charge in [-0.25, -0.2) is 24.1 Å². The first-order chi connectivity index (χ1) is 19.2. The molecule has 0 radical (unpaired) electrons. The van der Waals surface area contributed by atoms with Crippen molar-refractivity contribution in [2.75, 3.05) is 0 Å². The minimum atomic E-state index is -5.12. The van der Waals surface area contributed by atoms with Gasteiger partial charge >= 0.3 is 18.0 Å². The van der Waals surface area contributed by atoms with E-state index in [0.717, 1.165) is 4.68 Å². The van der Waals surface area contributed by atoms with E-state index in [4.69, 9.17) is 23.2 Å². The van der Waals surface area contributed by atoms with Gasteiger partial charge in [-0.1, -0.05) is 23.2 Å². The average molecular weight is 623 g/mol. The maximum Gasteiger partial charge on any atom is 0.410 e. The van der Waals surface area contributed by atoms with Crippen LogP contribution in [0.2, 0.25) is 10.0 Å². The number of nitrogens with zero attached hydrogens (tertiary/aromatic N) is 7. The second-order valence-electron chi connectivity index (χ2n) is 8.57. The molecule has 0 aliphatic carbocycles. The molecule has 0 saturated carbocycles. The Bertz CT molecular complexity index is 1580. The van der Waals surface area contributed by atoms with Crippen LogP contribution < -0.4 is 11.0 Å². The summed E-state index contributed by atoms with van der Waals surface area (Å²) in [6.45, 7) is -1.55. The van der Waals surface area contributed by atoms with Crippen LogP contribution >= 0.6 is 23.2 Å². The van der Waals surface area contributed by atoms with Gasteiger partial charge in [0.05, 0.1) is 18.0 Å². The van der Waals surface area contributed by atoms with Crippen molar-refractivity contribution in [1.82, 2.24) is 39.4 Å². The van der Waals surface area contributed by atoms with Crippen LogP contribution in [0, 0.1) is 0 Å². The molecular weight excluding hydrogens is 605 g/mol. The summed E-state index contributed by atoms with van der Waals surface area (Å²) in [5.41, 5.74) is -0.825. The molecule has 0 fully saturated rings. The maximum absolute atomic E-state index is 13.9. The number of nitrogens with one attached hydrogen (secondary N) is 1. The number of halogens is 8. The third-order valence-corrected chi connectivity index (χ3v) is 6.09. The van der Waals surface area contributed by atoms with Gasteiger partial charge in [0, 0.05) is 23.2 Å². The highest BCUT2D eigenvalue weighted by Gasteiger charge is 2.42. The number of carbonyl (C=O) groups excluding carboxylic acids is 1. The third-order valence-electron chi connectivity index (χ3n) is 5.54. The van der Waals surface area contributed by atoms with Gasteiger partial charge in [0.15, 0.2) is 17.5 Å². The number of amides is 1. The summed E-state index contributed by atoms with van der Waals surface area (Å²) in [4.78, 5) is 33.4. The molecule has 10 nitrogen and oxygen atoms in total. The molecule has 0 unspecified atom stereocenters. The van der Waals surface area contributed by atoms with Crippen molar-refractivity contribution in [1.29, 1.82) is 0 Å². The number of aromatic nitrogens is 7. The first kappa shape index (κ1) is 30.0. The van der Waals surface area contributed by atoms with Crippen LogP contribution in [0.5, 0.6) is 0 Å². The van der Waals surface area contributed by atoms with E-state index >= 15 is 0 Å². The van der Waals surface area contributed by atoms with Crippen LogP contribution in [0.15, 0.2) is 53.7 Å². The van der Waals surface area contributed by atoms with Crippen LogP contribution in [0.1, 0.15) is 18.7 Å². The Balaban J connectivity index is 1.67. The Morgan fingerprint density at radius 1 is 1.00 bits per heavy atom. The number of benzene rings is 1. The van der Waals surface area contributed by atoms with E-state index in [1.165, 1.54) is 41.5 Å². The summed E-state index contributed by atoms with van der Waals surface area (Å²) in [5, 5.41) is 10.4. The fraction of sp³-hybridized carbons (Fsp3) is 0.304. The summed E-state index contributed by atoms with van der Waals surface area (Å²) in [6.07, 6.45) is -9.96. The smallest absolute Gasteiger partial charge is 0.343 e. The molecule has 1 atom stereocenters. The predicted molar refractivity (Wildman–Crippen MR) is 133 cm³/mol.